The van der Waals surface area contributed by atoms with Crippen molar-refractivity contribution >= 4 is 21.8 Å². The lowest BCUT2D eigenvalue weighted by molar-refractivity contribution is -0.117. The summed E-state index contributed by atoms with van der Waals surface area (Å²) in [7, 11) is -2.66. The predicted octanol–water partition coefficient (Wildman–Crippen LogP) is 0.681. The van der Waals surface area contributed by atoms with Crippen LogP contribution in [0.25, 0.3) is 11.3 Å². The number of benzene rings is 1. The summed E-state index contributed by atoms with van der Waals surface area (Å²) < 4.78 is 46.1. The van der Waals surface area contributed by atoms with Crippen molar-refractivity contribution < 1.29 is 27.4 Å². The second kappa shape index (κ2) is 6.92. The maximum Gasteiger partial charge on any atom is 0.326 e. The molecule has 140 valence electrons. The number of H-pyrrole nitrogens is 1. The summed E-state index contributed by atoms with van der Waals surface area (Å²) in [5.74, 6) is -2.39. The minimum Gasteiger partial charge on any atom is -0.506 e. The molecule has 0 atom stereocenters. The molecule has 1 saturated heterocycles. The highest BCUT2D eigenvalue weighted by molar-refractivity contribution is 7.92. The molecule has 3 N–H and O–H groups in total. The van der Waals surface area contributed by atoms with E-state index in [4.69, 9.17) is 4.74 Å². The van der Waals surface area contributed by atoms with Gasteiger partial charge in [-0.05, 0) is 31.0 Å². The van der Waals surface area contributed by atoms with Crippen molar-refractivity contribution in [3.05, 3.63) is 29.7 Å². The minimum atomic E-state index is -4.25. The number of aromatic nitrogens is 2. The molecule has 1 amide bonds. The Bertz CT molecular complexity index is 944. The zero-order valence-electron chi connectivity index (χ0n) is 13.8. The van der Waals surface area contributed by atoms with E-state index in [-0.39, 0.29) is 11.3 Å². The van der Waals surface area contributed by atoms with Gasteiger partial charge in [0.05, 0.1) is 5.69 Å². The number of aryl methyl sites for hydroxylation is 1. The number of anilines is 1. The number of aromatic amines is 1. The van der Waals surface area contributed by atoms with Gasteiger partial charge in [0.15, 0.2) is 5.82 Å². The van der Waals surface area contributed by atoms with E-state index in [0.717, 1.165) is 18.2 Å². The van der Waals surface area contributed by atoms with E-state index in [1.165, 1.54) is 6.07 Å². The second-order valence-electron chi connectivity index (χ2n) is 5.71. The van der Waals surface area contributed by atoms with Crippen LogP contribution >= 0.6 is 0 Å². The Hall–Kier alpha value is -2.66. The van der Waals surface area contributed by atoms with Crippen LogP contribution in [0.15, 0.2) is 18.2 Å². The van der Waals surface area contributed by atoms with Gasteiger partial charge in [-0.25, -0.2) is 13.4 Å². The monoisotopic (exact) mass is 384 g/mol. The fourth-order valence-electron chi connectivity index (χ4n) is 2.67. The zero-order valence-corrected chi connectivity index (χ0v) is 14.6. The first-order valence-corrected chi connectivity index (χ1v) is 9.16. The molecule has 0 aliphatic carbocycles. The molecule has 0 bridgehead atoms. The second-order valence-corrected chi connectivity index (χ2v) is 7.30. The van der Waals surface area contributed by atoms with Crippen LogP contribution in [0.4, 0.5) is 10.1 Å². The molecule has 0 radical (unpaired) electrons. The topological polar surface area (TPSA) is 125 Å². The minimum absolute atomic E-state index is 0.00147. The number of nitrogens with one attached hydrogen (secondary N) is 2. The van der Waals surface area contributed by atoms with Crippen molar-refractivity contribution in [2.24, 2.45) is 0 Å². The molecule has 11 heteroatoms. The number of phenolic OH excluding ortho intramolecular Hbond substituents is 1. The molecule has 3 rings (SSSR count). The van der Waals surface area contributed by atoms with E-state index in [1.807, 2.05) is 0 Å². The van der Waals surface area contributed by atoms with E-state index in [2.05, 4.69) is 10.2 Å². The van der Waals surface area contributed by atoms with Crippen LogP contribution in [0.5, 0.6) is 5.75 Å². The predicted molar refractivity (Wildman–Crippen MR) is 90.3 cm³/mol. The molecule has 26 heavy (non-hydrogen) atoms. The Kier molecular flexibility index (Phi) is 4.83. The highest BCUT2D eigenvalue weighted by atomic mass is 32.2. The van der Waals surface area contributed by atoms with E-state index >= 15 is 0 Å². The van der Waals surface area contributed by atoms with Gasteiger partial charge in [0.1, 0.15) is 18.0 Å². The van der Waals surface area contributed by atoms with Crippen molar-refractivity contribution in [2.75, 3.05) is 24.6 Å². The Morgan fingerprint density at radius 1 is 1.42 bits per heavy atom. The molecule has 1 aliphatic rings. The summed E-state index contributed by atoms with van der Waals surface area (Å²) in [5.41, 5.74) is 0.426. The first-order valence-electron chi connectivity index (χ1n) is 7.72. The largest absolute Gasteiger partial charge is 0.506 e. The smallest absolute Gasteiger partial charge is 0.326 e. The van der Waals surface area contributed by atoms with Gasteiger partial charge in [-0.1, -0.05) is 0 Å². The van der Waals surface area contributed by atoms with Gasteiger partial charge in [0, 0.05) is 25.0 Å². The van der Waals surface area contributed by atoms with Crippen molar-refractivity contribution in [1.82, 2.24) is 14.9 Å². The molecule has 2 heterocycles. The van der Waals surface area contributed by atoms with Crippen LogP contribution in [0.1, 0.15) is 12.1 Å². The molecule has 9 nitrogen and oxygen atoms in total. The Labute approximate surface area is 149 Å². The normalized spacial score (nSPS) is 16.1. The third-order valence-corrected chi connectivity index (χ3v) is 5.24. The SMILES string of the molecule is COCCCc1cc(-c2ccc(O)c(N3CC(=O)NS3(=O)=O)c2F)n[nH]1. The van der Waals surface area contributed by atoms with E-state index in [9.17, 15) is 22.7 Å². The summed E-state index contributed by atoms with van der Waals surface area (Å²) in [6.07, 6.45) is 1.40. The van der Waals surface area contributed by atoms with Crippen LogP contribution in [0, 0.1) is 5.82 Å². The number of ether oxygens (including phenoxy) is 1. The Morgan fingerprint density at radius 2 is 2.19 bits per heavy atom. The van der Waals surface area contributed by atoms with Gasteiger partial charge >= 0.3 is 10.2 Å². The number of carbonyl (C=O) groups excluding carboxylic acids is 1. The fraction of sp³-hybridized carbons (Fsp3) is 0.333. The number of rotatable bonds is 6. The molecule has 0 unspecified atom stereocenters. The number of amides is 1. The lowest BCUT2D eigenvalue weighted by Gasteiger charge is -2.18. The maximum atomic E-state index is 15.0. The van der Waals surface area contributed by atoms with Gasteiger partial charge in [-0.3, -0.25) is 9.89 Å². The highest BCUT2D eigenvalue weighted by Crippen LogP contribution is 2.38. The van der Waals surface area contributed by atoms with Gasteiger partial charge in [0.25, 0.3) is 5.91 Å². The standard InChI is InChI=1S/C15H17FN4O5S/c1-25-6-2-3-9-7-11(18-17-9)10-4-5-12(21)15(14(10)16)20-8-13(22)19-26(20,23)24/h4-5,7,21H,2-3,6,8H2,1H3,(H,17,18)(H,19,22). The van der Waals surface area contributed by atoms with Crippen molar-refractivity contribution in [3.63, 3.8) is 0 Å². The van der Waals surface area contributed by atoms with Gasteiger partial charge in [-0.2, -0.15) is 13.5 Å². The van der Waals surface area contributed by atoms with Gasteiger partial charge in [-0.15, -0.1) is 0 Å². The van der Waals surface area contributed by atoms with Crippen molar-refractivity contribution in [3.8, 4) is 17.0 Å². The molecule has 1 fully saturated rings. The van der Waals surface area contributed by atoms with E-state index < -0.39 is 39.9 Å². The van der Waals surface area contributed by atoms with Crippen LogP contribution in [-0.4, -0.2) is 49.9 Å². The highest BCUT2D eigenvalue weighted by Gasteiger charge is 2.38. The number of hydrogen-bond acceptors (Lipinski definition) is 6. The molecular formula is C15H17FN4O5S. The summed E-state index contributed by atoms with van der Waals surface area (Å²) in [4.78, 5) is 11.4. The Balaban J connectivity index is 1.97. The lowest BCUT2D eigenvalue weighted by Crippen LogP contribution is -2.30. The summed E-state index contributed by atoms with van der Waals surface area (Å²) >= 11 is 0. The fourth-order valence-corrected chi connectivity index (χ4v) is 3.83. The third-order valence-electron chi connectivity index (χ3n) is 3.87. The summed E-state index contributed by atoms with van der Waals surface area (Å²) in [6.45, 7) is -0.0426. The molecule has 1 aromatic heterocycles. The molecule has 0 spiro atoms. The maximum absolute atomic E-state index is 15.0. The zero-order chi connectivity index (χ0) is 18.9. The average molecular weight is 384 g/mol. The van der Waals surface area contributed by atoms with Crippen LogP contribution in [0.2, 0.25) is 0 Å². The van der Waals surface area contributed by atoms with Crippen LogP contribution < -0.4 is 9.03 Å². The van der Waals surface area contributed by atoms with Gasteiger partial charge in [0.2, 0.25) is 0 Å². The van der Waals surface area contributed by atoms with Crippen molar-refractivity contribution in [2.45, 2.75) is 12.8 Å². The van der Waals surface area contributed by atoms with Crippen LogP contribution in [0.3, 0.4) is 0 Å². The number of hydrogen-bond donors (Lipinski definition) is 3. The number of aromatic hydroxyl groups is 1. The first kappa shape index (κ1) is 18.1. The third kappa shape index (κ3) is 3.35. The van der Waals surface area contributed by atoms with E-state index in [0.29, 0.717) is 17.3 Å². The quantitative estimate of drug-likeness (QED) is 0.629. The number of phenols is 1. The lowest BCUT2D eigenvalue weighted by atomic mass is 10.1. The summed E-state index contributed by atoms with van der Waals surface area (Å²) in [6, 6.07) is 4.09. The molecule has 1 aromatic carbocycles. The van der Waals surface area contributed by atoms with E-state index in [1.54, 1.807) is 17.9 Å². The van der Waals surface area contributed by atoms with Crippen molar-refractivity contribution in [1.29, 1.82) is 0 Å². The molecule has 2 aromatic rings. The summed E-state index contributed by atoms with van der Waals surface area (Å²) in [5, 5.41) is 16.8. The first-order chi connectivity index (χ1) is 12.3. The van der Waals surface area contributed by atoms with Gasteiger partial charge < -0.3 is 9.84 Å². The number of carbonyl (C=O) groups is 1. The number of halogens is 1. The molecule has 0 saturated carbocycles. The molecule has 1 aliphatic heterocycles. The average Bonchev–Trinajstić information content (AvgIpc) is 3.12. The number of nitrogens with zero attached hydrogens (tertiary/aromatic N) is 2. The number of methoxy groups -OCH3 is 1. The Morgan fingerprint density at radius 3 is 2.85 bits per heavy atom. The molecular weight excluding hydrogens is 367 g/mol. The van der Waals surface area contributed by atoms with Crippen LogP contribution in [-0.2, 0) is 26.2 Å².